The first-order chi connectivity index (χ1) is 13.8. The average molecular weight is 377 g/mol. The fourth-order valence-electron chi connectivity index (χ4n) is 4.59. The lowest BCUT2D eigenvalue weighted by atomic mass is 9.84. The van der Waals surface area contributed by atoms with Gasteiger partial charge < -0.3 is 9.80 Å². The van der Waals surface area contributed by atoms with Gasteiger partial charge in [-0.05, 0) is 37.6 Å². The molecule has 28 heavy (non-hydrogen) atoms. The van der Waals surface area contributed by atoms with Crippen LogP contribution in [0.5, 0.6) is 0 Å². The van der Waals surface area contributed by atoms with Crippen molar-refractivity contribution in [2.45, 2.75) is 38.0 Å². The summed E-state index contributed by atoms with van der Waals surface area (Å²) in [6.07, 6.45) is 10.4. The molecule has 1 saturated carbocycles. The van der Waals surface area contributed by atoms with Crippen molar-refractivity contribution >= 4 is 16.9 Å². The SMILES string of the molecule is CN1CCN(c2cnc3ccc(-c4cn[nH]c4C4CCCCC4)cc3n2)CC1. The van der Waals surface area contributed by atoms with E-state index in [9.17, 15) is 0 Å². The van der Waals surface area contributed by atoms with Crippen molar-refractivity contribution in [1.29, 1.82) is 0 Å². The van der Waals surface area contributed by atoms with Crippen molar-refractivity contribution in [3.8, 4) is 11.1 Å². The molecule has 146 valence electrons. The second-order valence-corrected chi connectivity index (χ2v) is 8.25. The van der Waals surface area contributed by atoms with Crippen molar-refractivity contribution in [2.24, 2.45) is 0 Å². The Balaban J connectivity index is 1.47. The van der Waals surface area contributed by atoms with Gasteiger partial charge >= 0.3 is 0 Å². The maximum absolute atomic E-state index is 4.95. The van der Waals surface area contributed by atoms with Crippen molar-refractivity contribution in [1.82, 2.24) is 25.1 Å². The quantitative estimate of drug-likeness (QED) is 0.753. The molecule has 6 nitrogen and oxygen atoms in total. The van der Waals surface area contributed by atoms with Crippen LogP contribution < -0.4 is 4.90 Å². The molecule has 0 atom stereocenters. The highest BCUT2D eigenvalue weighted by atomic mass is 15.3. The summed E-state index contributed by atoms with van der Waals surface area (Å²) in [6, 6.07) is 6.42. The molecule has 2 fully saturated rings. The molecule has 3 heterocycles. The van der Waals surface area contributed by atoms with E-state index in [0.717, 1.165) is 43.0 Å². The van der Waals surface area contributed by atoms with E-state index in [1.165, 1.54) is 48.9 Å². The molecule has 1 saturated heterocycles. The number of anilines is 1. The molecule has 3 aromatic rings. The topological polar surface area (TPSA) is 60.9 Å². The van der Waals surface area contributed by atoms with Crippen LogP contribution in [0.3, 0.4) is 0 Å². The van der Waals surface area contributed by atoms with Gasteiger partial charge in [0.15, 0.2) is 0 Å². The molecular weight excluding hydrogens is 348 g/mol. The van der Waals surface area contributed by atoms with E-state index in [-0.39, 0.29) is 0 Å². The van der Waals surface area contributed by atoms with Crippen LogP contribution in [-0.4, -0.2) is 58.3 Å². The van der Waals surface area contributed by atoms with Gasteiger partial charge in [-0.1, -0.05) is 25.3 Å². The molecule has 2 aliphatic rings. The maximum atomic E-state index is 4.95. The number of aromatic nitrogens is 4. The normalized spacial score (nSPS) is 19.4. The first-order valence-corrected chi connectivity index (χ1v) is 10.5. The van der Waals surface area contributed by atoms with E-state index < -0.39 is 0 Å². The molecule has 2 aromatic heterocycles. The zero-order valence-electron chi connectivity index (χ0n) is 16.6. The van der Waals surface area contributed by atoms with Crippen molar-refractivity contribution in [3.63, 3.8) is 0 Å². The summed E-state index contributed by atoms with van der Waals surface area (Å²) in [5, 5.41) is 7.67. The number of nitrogens with zero attached hydrogens (tertiary/aromatic N) is 5. The molecule has 0 radical (unpaired) electrons. The van der Waals surface area contributed by atoms with Crippen molar-refractivity contribution in [2.75, 3.05) is 38.1 Å². The summed E-state index contributed by atoms with van der Waals surface area (Å²) >= 11 is 0. The Hall–Kier alpha value is -2.47. The van der Waals surface area contributed by atoms with E-state index in [0.29, 0.717) is 5.92 Å². The predicted molar refractivity (Wildman–Crippen MR) is 113 cm³/mol. The number of nitrogens with one attached hydrogen (secondary N) is 1. The highest BCUT2D eigenvalue weighted by Crippen LogP contribution is 2.37. The van der Waals surface area contributed by atoms with Gasteiger partial charge in [0.25, 0.3) is 0 Å². The second kappa shape index (κ2) is 7.51. The first kappa shape index (κ1) is 17.6. The van der Waals surface area contributed by atoms with Gasteiger partial charge in [-0.15, -0.1) is 0 Å². The Morgan fingerprint density at radius 1 is 0.964 bits per heavy atom. The Morgan fingerprint density at radius 3 is 2.61 bits per heavy atom. The number of H-pyrrole nitrogens is 1. The van der Waals surface area contributed by atoms with Crippen LogP contribution in [0, 0.1) is 0 Å². The predicted octanol–water partition coefficient (Wildman–Crippen LogP) is 3.82. The summed E-state index contributed by atoms with van der Waals surface area (Å²) in [6.45, 7) is 4.15. The third-order valence-electron chi connectivity index (χ3n) is 6.35. The number of piperazine rings is 1. The van der Waals surface area contributed by atoms with Crippen LogP contribution >= 0.6 is 0 Å². The first-order valence-electron chi connectivity index (χ1n) is 10.5. The van der Waals surface area contributed by atoms with Gasteiger partial charge in [-0.2, -0.15) is 5.10 Å². The minimum absolute atomic E-state index is 0.602. The number of hydrogen-bond donors (Lipinski definition) is 1. The zero-order valence-corrected chi connectivity index (χ0v) is 16.6. The lowest BCUT2D eigenvalue weighted by Crippen LogP contribution is -2.44. The smallest absolute Gasteiger partial charge is 0.147 e. The maximum Gasteiger partial charge on any atom is 0.147 e. The third kappa shape index (κ3) is 3.37. The molecule has 1 aliphatic carbocycles. The van der Waals surface area contributed by atoms with E-state index in [4.69, 9.17) is 4.98 Å². The van der Waals surface area contributed by atoms with Gasteiger partial charge in [0, 0.05) is 43.4 Å². The molecule has 0 unspecified atom stereocenters. The summed E-state index contributed by atoms with van der Waals surface area (Å²) in [5.74, 6) is 1.59. The number of hydrogen-bond acceptors (Lipinski definition) is 5. The molecule has 0 spiro atoms. The number of aromatic amines is 1. The molecule has 1 aromatic carbocycles. The van der Waals surface area contributed by atoms with Gasteiger partial charge in [0.1, 0.15) is 5.82 Å². The Labute approximate surface area is 166 Å². The van der Waals surface area contributed by atoms with Gasteiger partial charge in [-0.3, -0.25) is 10.1 Å². The largest absolute Gasteiger partial charge is 0.353 e. The fourth-order valence-corrected chi connectivity index (χ4v) is 4.59. The summed E-state index contributed by atoms with van der Waals surface area (Å²) in [4.78, 5) is 14.3. The van der Waals surface area contributed by atoms with Gasteiger partial charge in [-0.25, -0.2) is 4.98 Å². The standard InChI is InChI=1S/C22H28N6/c1-27-9-11-28(12-10-27)21-15-23-19-8-7-17(13-20(19)25-21)18-14-24-26-22(18)16-5-3-2-4-6-16/h7-8,13-16H,2-6,9-12H2,1H3,(H,24,26). The molecule has 1 aliphatic heterocycles. The van der Waals surface area contributed by atoms with Crippen LogP contribution in [0.2, 0.25) is 0 Å². The third-order valence-corrected chi connectivity index (χ3v) is 6.35. The van der Waals surface area contributed by atoms with Crippen LogP contribution in [-0.2, 0) is 0 Å². The zero-order chi connectivity index (χ0) is 18.9. The molecule has 0 bridgehead atoms. The molecular formula is C22H28N6. The lowest BCUT2D eigenvalue weighted by molar-refractivity contribution is 0.312. The Kier molecular flexibility index (Phi) is 4.72. The average Bonchev–Trinajstić information content (AvgIpc) is 3.24. The van der Waals surface area contributed by atoms with Gasteiger partial charge in [0.2, 0.25) is 0 Å². The Bertz CT molecular complexity index is 951. The van der Waals surface area contributed by atoms with Crippen LogP contribution in [0.1, 0.15) is 43.7 Å². The fraction of sp³-hybridized carbons (Fsp3) is 0.500. The minimum Gasteiger partial charge on any atom is -0.353 e. The summed E-state index contributed by atoms with van der Waals surface area (Å²) in [5.41, 5.74) is 5.61. The van der Waals surface area contributed by atoms with Crippen LogP contribution in [0.4, 0.5) is 5.82 Å². The van der Waals surface area contributed by atoms with E-state index >= 15 is 0 Å². The molecule has 6 heteroatoms. The second-order valence-electron chi connectivity index (χ2n) is 8.25. The highest BCUT2D eigenvalue weighted by Gasteiger charge is 2.21. The van der Waals surface area contributed by atoms with E-state index in [1.54, 1.807) is 0 Å². The lowest BCUT2D eigenvalue weighted by Gasteiger charge is -2.33. The highest BCUT2D eigenvalue weighted by molar-refractivity contribution is 5.82. The number of likely N-dealkylation sites (N-methyl/N-ethyl adjacent to an activating group) is 1. The van der Waals surface area contributed by atoms with Crippen molar-refractivity contribution in [3.05, 3.63) is 36.3 Å². The summed E-state index contributed by atoms with van der Waals surface area (Å²) < 4.78 is 0. The Morgan fingerprint density at radius 2 is 1.79 bits per heavy atom. The summed E-state index contributed by atoms with van der Waals surface area (Å²) in [7, 11) is 2.17. The van der Waals surface area contributed by atoms with Gasteiger partial charge in [0.05, 0.1) is 23.4 Å². The van der Waals surface area contributed by atoms with E-state index in [1.807, 2.05) is 12.4 Å². The van der Waals surface area contributed by atoms with Crippen LogP contribution in [0.15, 0.2) is 30.6 Å². The number of benzene rings is 1. The molecule has 5 rings (SSSR count). The van der Waals surface area contributed by atoms with Crippen LogP contribution in [0.25, 0.3) is 22.2 Å². The minimum atomic E-state index is 0.602. The molecule has 0 amide bonds. The molecule has 1 N–H and O–H groups in total. The van der Waals surface area contributed by atoms with Crippen molar-refractivity contribution < 1.29 is 0 Å². The number of rotatable bonds is 3. The van der Waals surface area contributed by atoms with E-state index in [2.05, 4.69) is 50.2 Å². The monoisotopic (exact) mass is 376 g/mol. The number of fused-ring (bicyclic) bond motifs is 1.